The van der Waals surface area contributed by atoms with Crippen LogP contribution in [0.1, 0.15) is 31.9 Å². The molecular weight excluding hydrogens is 250 g/mol. The van der Waals surface area contributed by atoms with Gasteiger partial charge in [-0.15, -0.1) is 0 Å². The monoisotopic (exact) mass is 271 g/mol. The highest BCUT2D eigenvalue weighted by Crippen LogP contribution is 2.31. The predicted octanol–water partition coefficient (Wildman–Crippen LogP) is 1.20. The minimum atomic E-state index is -3.34. The number of sulfonamides is 1. The second-order valence-corrected chi connectivity index (χ2v) is 6.54. The number of hydrogen-bond donors (Lipinski definition) is 3. The average Bonchev–Trinajstić information content (AvgIpc) is 3.02. The molecule has 0 spiro atoms. The van der Waals surface area contributed by atoms with E-state index in [-0.39, 0.29) is 0 Å². The van der Waals surface area contributed by atoms with E-state index in [0.717, 1.165) is 24.6 Å². The number of rotatable bonds is 8. The molecule has 0 aliphatic heterocycles. The summed E-state index contributed by atoms with van der Waals surface area (Å²) in [6.45, 7) is 4.08. The molecule has 1 heterocycles. The highest BCUT2D eigenvalue weighted by atomic mass is 32.2. The van der Waals surface area contributed by atoms with Gasteiger partial charge in [0.1, 0.15) is 0 Å². The predicted molar refractivity (Wildman–Crippen MR) is 70.7 cm³/mol. The van der Waals surface area contributed by atoms with E-state index in [9.17, 15) is 8.42 Å². The molecule has 0 saturated heterocycles. The fourth-order valence-electron chi connectivity index (χ4n) is 1.82. The highest BCUT2D eigenvalue weighted by Gasteiger charge is 2.22. The number of aromatic nitrogens is 1. The summed E-state index contributed by atoms with van der Waals surface area (Å²) in [6.07, 6.45) is 5.00. The van der Waals surface area contributed by atoms with E-state index >= 15 is 0 Å². The van der Waals surface area contributed by atoms with E-state index in [2.05, 4.69) is 15.0 Å². The Labute approximate surface area is 108 Å². The third kappa shape index (κ3) is 3.83. The number of hydrogen-bond acceptors (Lipinski definition) is 3. The molecule has 1 aliphatic rings. The molecule has 3 N–H and O–H groups in total. The van der Waals surface area contributed by atoms with Gasteiger partial charge in [-0.2, -0.15) is 0 Å². The Morgan fingerprint density at radius 3 is 2.89 bits per heavy atom. The first-order valence-electron chi connectivity index (χ1n) is 6.49. The molecule has 0 bridgehead atoms. The van der Waals surface area contributed by atoms with Gasteiger partial charge in [0.2, 0.25) is 10.0 Å². The van der Waals surface area contributed by atoms with Crippen LogP contribution in [0.2, 0.25) is 0 Å². The number of aromatic amines is 1. The van der Waals surface area contributed by atoms with Crippen LogP contribution in [0.4, 0.5) is 0 Å². The largest absolute Gasteiger partial charge is 0.363 e. The fourth-order valence-corrected chi connectivity index (χ4v) is 2.89. The molecule has 2 rings (SSSR count). The second-order valence-electron chi connectivity index (χ2n) is 4.77. The van der Waals surface area contributed by atoms with Gasteiger partial charge >= 0.3 is 0 Å². The van der Waals surface area contributed by atoms with Crippen molar-refractivity contribution in [2.75, 3.05) is 13.1 Å². The summed E-state index contributed by atoms with van der Waals surface area (Å²) in [4.78, 5) is 3.30. The number of H-pyrrole nitrogens is 1. The van der Waals surface area contributed by atoms with Gasteiger partial charge in [0.15, 0.2) is 0 Å². The molecule has 1 fully saturated rings. The standard InChI is InChI=1S/C12H21N3O2S/c1-2-13-8-11-7-12(9-14-11)18(16,17)15-6-5-10-3-4-10/h7,9-10,13-15H,2-6,8H2,1H3. The molecule has 1 aromatic rings. The number of nitrogens with one attached hydrogen (secondary N) is 3. The van der Waals surface area contributed by atoms with Crippen molar-refractivity contribution in [1.29, 1.82) is 0 Å². The maximum atomic E-state index is 12.0. The van der Waals surface area contributed by atoms with E-state index in [1.807, 2.05) is 6.92 Å². The Bertz CT molecular complexity index is 477. The van der Waals surface area contributed by atoms with Crippen LogP contribution in [0, 0.1) is 5.92 Å². The summed E-state index contributed by atoms with van der Waals surface area (Å²) in [7, 11) is -3.34. The first-order chi connectivity index (χ1) is 8.62. The summed E-state index contributed by atoms with van der Waals surface area (Å²) >= 11 is 0. The van der Waals surface area contributed by atoms with Gasteiger partial charge in [0, 0.05) is 25.0 Å². The minimum Gasteiger partial charge on any atom is -0.363 e. The molecule has 1 aromatic heterocycles. The Morgan fingerprint density at radius 1 is 1.44 bits per heavy atom. The Hall–Kier alpha value is -0.850. The Kier molecular flexibility index (Phi) is 4.42. The lowest BCUT2D eigenvalue weighted by molar-refractivity contribution is 0.575. The van der Waals surface area contributed by atoms with Crippen molar-refractivity contribution in [3.05, 3.63) is 18.0 Å². The van der Waals surface area contributed by atoms with Crippen LogP contribution in [0.25, 0.3) is 0 Å². The molecular formula is C12H21N3O2S. The first kappa shape index (κ1) is 13.6. The van der Waals surface area contributed by atoms with Gasteiger partial charge in [-0.25, -0.2) is 13.1 Å². The van der Waals surface area contributed by atoms with Crippen molar-refractivity contribution in [3.8, 4) is 0 Å². The molecule has 0 atom stereocenters. The third-order valence-corrected chi connectivity index (χ3v) is 4.57. The van der Waals surface area contributed by atoms with E-state index < -0.39 is 10.0 Å². The lowest BCUT2D eigenvalue weighted by atomic mass is 10.3. The van der Waals surface area contributed by atoms with Crippen molar-refractivity contribution in [1.82, 2.24) is 15.0 Å². The van der Waals surface area contributed by atoms with Crippen LogP contribution in [0.3, 0.4) is 0 Å². The zero-order chi connectivity index (χ0) is 13.0. The van der Waals surface area contributed by atoms with Crippen LogP contribution >= 0.6 is 0 Å². The Morgan fingerprint density at radius 2 is 2.22 bits per heavy atom. The zero-order valence-corrected chi connectivity index (χ0v) is 11.5. The second kappa shape index (κ2) is 5.86. The first-order valence-corrected chi connectivity index (χ1v) is 7.98. The van der Waals surface area contributed by atoms with E-state index in [1.54, 1.807) is 12.3 Å². The summed E-state index contributed by atoms with van der Waals surface area (Å²) in [5, 5.41) is 3.15. The van der Waals surface area contributed by atoms with Gasteiger partial charge in [0.05, 0.1) is 4.90 Å². The van der Waals surface area contributed by atoms with Crippen LogP contribution in [0.5, 0.6) is 0 Å². The van der Waals surface area contributed by atoms with Crippen LogP contribution in [-0.2, 0) is 16.6 Å². The summed E-state index contributed by atoms with van der Waals surface area (Å²) in [5.41, 5.74) is 0.888. The lowest BCUT2D eigenvalue weighted by Gasteiger charge is -2.03. The highest BCUT2D eigenvalue weighted by molar-refractivity contribution is 7.89. The van der Waals surface area contributed by atoms with Crippen molar-refractivity contribution in [3.63, 3.8) is 0 Å². The van der Waals surface area contributed by atoms with Crippen molar-refractivity contribution in [2.45, 2.75) is 37.6 Å². The molecule has 0 radical (unpaired) electrons. The lowest BCUT2D eigenvalue weighted by Crippen LogP contribution is -2.24. The molecule has 6 heteroatoms. The van der Waals surface area contributed by atoms with Gasteiger partial charge < -0.3 is 10.3 Å². The molecule has 18 heavy (non-hydrogen) atoms. The van der Waals surface area contributed by atoms with Crippen LogP contribution in [-0.4, -0.2) is 26.5 Å². The summed E-state index contributed by atoms with van der Waals surface area (Å²) in [6, 6.07) is 1.68. The van der Waals surface area contributed by atoms with Crippen LogP contribution in [0.15, 0.2) is 17.2 Å². The smallest absolute Gasteiger partial charge is 0.242 e. The SMILES string of the molecule is CCNCc1cc(S(=O)(=O)NCCC2CC2)c[nH]1. The van der Waals surface area contributed by atoms with Gasteiger partial charge in [-0.3, -0.25) is 0 Å². The average molecular weight is 271 g/mol. The van der Waals surface area contributed by atoms with E-state index in [0.29, 0.717) is 18.0 Å². The molecule has 0 unspecified atom stereocenters. The molecule has 0 amide bonds. The van der Waals surface area contributed by atoms with Gasteiger partial charge in [0.25, 0.3) is 0 Å². The maximum absolute atomic E-state index is 12.0. The van der Waals surface area contributed by atoms with Gasteiger partial charge in [-0.05, 0) is 24.9 Å². The topological polar surface area (TPSA) is 74.0 Å². The van der Waals surface area contributed by atoms with E-state index in [1.165, 1.54) is 12.8 Å². The van der Waals surface area contributed by atoms with E-state index in [4.69, 9.17) is 0 Å². The maximum Gasteiger partial charge on any atom is 0.242 e. The quantitative estimate of drug-likeness (QED) is 0.665. The fraction of sp³-hybridized carbons (Fsp3) is 0.667. The molecule has 1 saturated carbocycles. The van der Waals surface area contributed by atoms with Crippen molar-refractivity contribution >= 4 is 10.0 Å². The zero-order valence-electron chi connectivity index (χ0n) is 10.7. The molecule has 5 nitrogen and oxygen atoms in total. The third-order valence-electron chi connectivity index (χ3n) is 3.13. The Balaban J connectivity index is 1.88. The summed E-state index contributed by atoms with van der Waals surface area (Å²) < 4.78 is 26.6. The summed E-state index contributed by atoms with van der Waals surface area (Å²) in [5.74, 6) is 0.739. The van der Waals surface area contributed by atoms with Gasteiger partial charge in [-0.1, -0.05) is 19.8 Å². The molecule has 1 aliphatic carbocycles. The molecule has 0 aromatic carbocycles. The van der Waals surface area contributed by atoms with Crippen molar-refractivity contribution < 1.29 is 8.42 Å². The van der Waals surface area contributed by atoms with Crippen molar-refractivity contribution in [2.24, 2.45) is 5.92 Å². The normalized spacial score (nSPS) is 16.1. The van der Waals surface area contributed by atoms with Crippen LogP contribution < -0.4 is 10.0 Å². The minimum absolute atomic E-state index is 0.325. The molecule has 102 valence electrons.